The van der Waals surface area contributed by atoms with Crippen LogP contribution in [0.1, 0.15) is 20.8 Å². The summed E-state index contributed by atoms with van der Waals surface area (Å²) >= 11 is 0. The quantitative estimate of drug-likeness (QED) is 0.732. The molecular formula is C21H20N4O4. The van der Waals surface area contributed by atoms with Gasteiger partial charge >= 0.3 is 0 Å². The predicted octanol–water partition coefficient (Wildman–Crippen LogP) is 1.66. The molecule has 0 bridgehead atoms. The second-order valence-electron chi connectivity index (χ2n) is 6.76. The number of morpholine rings is 1. The molecule has 1 aromatic heterocycles. The number of carbonyl (C=O) groups excluding carboxylic acids is 2. The van der Waals surface area contributed by atoms with Crippen LogP contribution in [0.3, 0.4) is 0 Å². The highest BCUT2D eigenvalue weighted by atomic mass is 16.5. The average molecular weight is 392 g/mol. The molecule has 8 nitrogen and oxygen atoms in total. The lowest BCUT2D eigenvalue weighted by Crippen LogP contribution is -2.40. The number of aryl methyl sites for hydroxylation is 1. The SMILES string of the molecule is Cn1nc(C(=O)Nc2cccc(C(=O)N3CCOCC3)c2)c2ccccc2c1=O. The van der Waals surface area contributed by atoms with Crippen LogP contribution in [-0.4, -0.2) is 52.8 Å². The minimum atomic E-state index is -0.451. The Balaban J connectivity index is 1.61. The second-order valence-corrected chi connectivity index (χ2v) is 6.76. The predicted molar refractivity (Wildman–Crippen MR) is 108 cm³/mol. The molecule has 1 aliphatic heterocycles. The van der Waals surface area contributed by atoms with Crippen LogP contribution in [0.15, 0.2) is 53.3 Å². The third-order valence-electron chi connectivity index (χ3n) is 4.84. The molecular weight excluding hydrogens is 372 g/mol. The van der Waals surface area contributed by atoms with Crippen molar-refractivity contribution in [2.45, 2.75) is 0 Å². The monoisotopic (exact) mass is 392 g/mol. The Hall–Kier alpha value is -3.52. The normalized spacial score (nSPS) is 14.0. The molecule has 148 valence electrons. The van der Waals surface area contributed by atoms with E-state index in [2.05, 4.69) is 10.4 Å². The van der Waals surface area contributed by atoms with Crippen molar-refractivity contribution in [2.24, 2.45) is 7.05 Å². The average Bonchev–Trinajstić information content (AvgIpc) is 2.76. The van der Waals surface area contributed by atoms with Crippen LogP contribution < -0.4 is 10.9 Å². The van der Waals surface area contributed by atoms with Crippen LogP contribution in [0.2, 0.25) is 0 Å². The number of hydrogen-bond donors (Lipinski definition) is 1. The Morgan fingerprint density at radius 1 is 1.03 bits per heavy atom. The van der Waals surface area contributed by atoms with Crippen molar-refractivity contribution in [3.63, 3.8) is 0 Å². The van der Waals surface area contributed by atoms with Gasteiger partial charge in [0.15, 0.2) is 5.69 Å². The number of nitrogens with zero attached hydrogens (tertiary/aromatic N) is 3. The number of aromatic nitrogens is 2. The molecule has 2 heterocycles. The molecule has 2 amide bonds. The van der Waals surface area contributed by atoms with Crippen molar-refractivity contribution in [3.05, 3.63) is 70.1 Å². The Morgan fingerprint density at radius 3 is 2.52 bits per heavy atom. The summed E-state index contributed by atoms with van der Waals surface area (Å²) in [7, 11) is 1.51. The third kappa shape index (κ3) is 3.74. The summed E-state index contributed by atoms with van der Waals surface area (Å²) in [5, 5.41) is 7.82. The fourth-order valence-electron chi connectivity index (χ4n) is 3.34. The fraction of sp³-hybridized carbons (Fsp3) is 0.238. The van der Waals surface area contributed by atoms with Gasteiger partial charge in [0.2, 0.25) is 0 Å². The van der Waals surface area contributed by atoms with Gasteiger partial charge in [0.05, 0.1) is 18.6 Å². The highest BCUT2D eigenvalue weighted by Crippen LogP contribution is 2.17. The van der Waals surface area contributed by atoms with Crippen molar-refractivity contribution in [2.75, 3.05) is 31.6 Å². The molecule has 1 aliphatic rings. The van der Waals surface area contributed by atoms with Gasteiger partial charge in [0, 0.05) is 36.8 Å². The standard InChI is InChI=1S/C21H20N4O4/c1-24-21(28)17-8-3-2-7-16(17)18(23-24)19(26)22-15-6-4-5-14(13-15)20(27)25-9-11-29-12-10-25/h2-8,13H,9-12H2,1H3,(H,22,26). The van der Waals surface area contributed by atoms with E-state index in [9.17, 15) is 14.4 Å². The van der Waals surface area contributed by atoms with Crippen molar-refractivity contribution < 1.29 is 14.3 Å². The molecule has 1 N–H and O–H groups in total. The molecule has 2 aromatic carbocycles. The first-order chi connectivity index (χ1) is 14.0. The first kappa shape index (κ1) is 18.8. The van der Waals surface area contributed by atoms with E-state index in [1.165, 1.54) is 7.05 Å². The zero-order valence-corrected chi connectivity index (χ0v) is 15.9. The van der Waals surface area contributed by atoms with Crippen molar-refractivity contribution in [3.8, 4) is 0 Å². The number of fused-ring (bicyclic) bond motifs is 1. The third-order valence-corrected chi connectivity index (χ3v) is 4.84. The molecule has 0 aliphatic carbocycles. The van der Waals surface area contributed by atoms with Crippen LogP contribution >= 0.6 is 0 Å². The molecule has 0 radical (unpaired) electrons. The molecule has 0 atom stereocenters. The summed E-state index contributed by atoms with van der Waals surface area (Å²) in [4.78, 5) is 39.5. The molecule has 3 aromatic rings. The van der Waals surface area contributed by atoms with Gasteiger partial charge in [-0.25, -0.2) is 4.68 Å². The van der Waals surface area contributed by atoms with E-state index >= 15 is 0 Å². The Labute approximate surface area is 166 Å². The summed E-state index contributed by atoms with van der Waals surface area (Å²) in [6.07, 6.45) is 0. The maximum Gasteiger partial charge on any atom is 0.276 e. The smallest absolute Gasteiger partial charge is 0.276 e. The zero-order chi connectivity index (χ0) is 20.4. The van der Waals surface area contributed by atoms with Gasteiger partial charge in [-0.05, 0) is 24.3 Å². The van der Waals surface area contributed by atoms with Gasteiger partial charge in [-0.2, -0.15) is 5.10 Å². The molecule has 29 heavy (non-hydrogen) atoms. The van der Waals surface area contributed by atoms with Gasteiger partial charge < -0.3 is 15.0 Å². The van der Waals surface area contributed by atoms with Gasteiger partial charge in [-0.15, -0.1) is 0 Å². The molecule has 1 saturated heterocycles. The van der Waals surface area contributed by atoms with Crippen LogP contribution in [0.4, 0.5) is 5.69 Å². The summed E-state index contributed by atoms with van der Waals surface area (Å²) in [5.74, 6) is -0.553. The van der Waals surface area contributed by atoms with Gasteiger partial charge in [0.25, 0.3) is 17.4 Å². The van der Waals surface area contributed by atoms with Gasteiger partial charge in [0.1, 0.15) is 0 Å². The van der Waals surface area contributed by atoms with Crippen LogP contribution in [-0.2, 0) is 11.8 Å². The lowest BCUT2D eigenvalue weighted by atomic mass is 10.1. The minimum absolute atomic E-state index is 0.102. The summed E-state index contributed by atoms with van der Waals surface area (Å²) in [6, 6.07) is 13.6. The van der Waals surface area contributed by atoms with E-state index in [4.69, 9.17) is 4.74 Å². The number of benzene rings is 2. The first-order valence-corrected chi connectivity index (χ1v) is 9.29. The molecule has 4 rings (SSSR count). The maximum atomic E-state index is 12.9. The van der Waals surface area contributed by atoms with Crippen LogP contribution in [0, 0.1) is 0 Å². The number of nitrogens with one attached hydrogen (secondary N) is 1. The zero-order valence-electron chi connectivity index (χ0n) is 15.9. The Morgan fingerprint density at radius 2 is 1.76 bits per heavy atom. The van der Waals surface area contributed by atoms with E-state index in [-0.39, 0.29) is 17.2 Å². The van der Waals surface area contributed by atoms with E-state index in [1.807, 2.05) is 0 Å². The van der Waals surface area contributed by atoms with Crippen molar-refractivity contribution in [1.82, 2.24) is 14.7 Å². The van der Waals surface area contributed by atoms with E-state index < -0.39 is 5.91 Å². The summed E-state index contributed by atoms with van der Waals surface area (Å²) < 4.78 is 6.43. The van der Waals surface area contributed by atoms with E-state index in [1.54, 1.807) is 53.4 Å². The number of rotatable bonds is 3. The molecule has 1 fully saturated rings. The second kappa shape index (κ2) is 7.84. The molecule has 0 saturated carbocycles. The van der Waals surface area contributed by atoms with Gasteiger partial charge in [-0.3, -0.25) is 14.4 Å². The van der Waals surface area contributed by atoms with Crippen LogP contribution in [0.25, 0.3) is 10.8 Å². The Bertz CT molecular complexity index is 1150. The maximum absolute atomic E-state index is 12.9. The van der Waals surface area contributed by atoms with Gasteiger partial charge in [-0.1, -0.05) is 24.3 Å². The molecule has 0 unspecified atom stereocenters. The minimum Gasteiger partial charge on any atom is -0.378 e. The first-order valence-electron chi connectivity index (χ1n) is 9.29. The highest BCUT2D eigenvalue weighted by Gasteiger charge is 2.20. The lowest BCUT2D eigenvalue weighted by Gasteiger charge is -2.27. The fourth-order valence-corrected chi connectivity index (χ4v) is 3.34. The lowest BCUT2D eigenvalue weighted by molar-refractivity contribution is 0.0303. The molecule has 0 spiro atoms. The van der Waals surface area contributed by atoms with E-state index in [0.717, 1.165) is 4.68 Å². The van der Waals surface area contributed by atoms with Crippen molar-refractivity contribution >= 4 is 28.3 Å². The summed E-state index contributed by atoms with van der Waals surface area (Å²) in [6.45, 7) is 2.13. The van der Waals surface area contributed by atoms with Crippen LogP contribution in [0.5, 0.6) is 0 Å². The number of carbonyl (C=O) groups is 2. The van der Waals surface area contributed by atoms with E-state index in [0.29, 0.717) is 48.3 Å². The highest BCUT2D eigenvalue weighted by molar-refractivity contribution is 6.11. The largest absolute Gasteiger partial charge is 0.378 e. The van der Waals surface area contributed by atoms with Crippen molar-refractivity contribution in [1.29, 1.82) is 0 Å². The Kier molecular flexibility index (Phi) is 5.09. The number of ether oxygens (including phenoxy) is 1. The summed E-state index contributed by atoms with van der Waals surface area (Å²) in [5.41, 5.74) is 0.847. The number of hydrogen-bond acceptors (Lipinski definition) is 5. The number of amides is 2. The molecule has 8 heteroatoms. The number of anilines is 1. The topological polar surface area (TPSA) is 93.5 Å².